The number of hydrogen-bond donors (Lipinski definition) is 0. The standard InChI is InChI=1S/C15H16ClNO3/c1-18-13-6-5-11(9-16)14(8-13)20-10-12-4-3-7-17-15(12)19-2/h3-8H,9-10H2,1-2H3. The van der Waals surface area contributed by atoms with Crippen molar-refractivity contribution < 1.29 is 14.2 Å². The van der Waals surface area contributed by atoms with E-state index in [-0.39, 0.29) is 0 Å². The van der Waals surface area contributed by atoms with Gasteiger partial charge in [0, 0.05) is 17.8 Å². The Morgan fingerprint density at radius 2 is 1.95 bits per heavy atom. The van der Waals surface area contributed by atoms with Gasteiger partial charge >= 0.3 is 0 Å². The normalized spacial score (nSPS) is 10.2. The van der Waals surface area contributed by atoms with E-state index in [2.05, 4.69) is 4.98 Å². The van der Waals surface area contributed by atoms with Gasteiger partial charge in [-0.25, -0.2) is 4.98 Å². The quantitative estimate of drug-likeness (QED) is 0.765. The highest BCUT2D eigenvalue weighted by Gasteiger charge is 2.08. The van der Waals surface area contributed by atoms with E-state index < -0.39 is 0 Å². The summed E-state index contributed by atoms with van der Waals surface area (Å²) in [6, 6.07) is 9.32. The Hall–Kier alpha value is -1.94. The molecule has 0 N–H and O–H groups in total. The monoisotopic (exact) mass is 293 g/mol. The van der Waals surface area contributed by atoms with Crippen molar-refractivity contribution in [3.63, 3.8) is 0 Å². The third kappa shape index (κ3) is 3.33. The van der Waals surface area contributed by atoms with Crippen molar-refractivity contribution in [2.45, 2.75) is 12.5 Å². The number of nitrogens with zero attached hydrogens (tertiary/aromatic N) is 1. The van der Waals surface area contributed by atoms with Crippen LogP contribution in [0.1, 0.15) is 11.1 Å². The van der Waals surface area contributed by atoms with Gasteiger partial charge in [0.25, 0.3) is 0 Å². The first-order valence-corrected chi connectivity index (χ1v) is 6.65. The van der Waals surface area contributed by atoms with Gasteiger partial charge in [0.1, 0.15) is 18.1 Å². The van der Waals surface area contributed by atoms with Gasteiger partial charge in [-0.15, -0.1) is 11.6 Å². The highest BCUT2D eigenvalue weighted by molar-refractivity contribution is 6.17. The SMILES string of the molecule is COc1ccc(CCl)c(OCc2cccnc2OC)c1. The van der Waals surface area contributed by atoms with E-state index in [1.54, 1.807) is 20.4 Å². The predicted molar refractivity (Wildman–Crippen MR) is 77.7 cm³/mol. The van der Waals surface area contributed by atoms with Crippen LogP contribution in [-0.2, 0) is 12.5 Å². The van der Waals surface area contributed by atoms with Gasteiger partial charge in [-0.2, -0.15) is 0 Å². The summed E-state index contributed by atoms with van der Waals surface area (Å²) in [5.74, 6) is 2.36. The molecule has 0 radical (unpaired) electrons. The van der Waals surface area contributed by atoms with Crippen molar-refractivity contribution in [1.82, 2.24) is 4.98 Å². The van der Waals surface area contributed by atoms with Gasteiger partial charge in [-0.05, 0) is 18.2 Å². The molecule has 0 aliphatic heterocycles. The first kappa shape index (κ1) is 14.5. The smallest absolute Gasteiger partial charge is 0.219 e. The number of ether oxygens (including phenoxy) is 3. The van der Waals surface area contributed by atoms with E-state index in [0.717, 1.165) is 16.9 Å². The number of pyridine rings is 1. The molecule has 0 bridgehead atoms. The zero-order valence-corrected chi connectivity index (χ0v) is 12.2. The molecule has 106 valence electrons. The van der Waals surface area contributed by atoms with Crippen LogP contribution < -0.4 is 14.2 Å². The molecule has 1 heterocycles. The molecule has 0 amide bonds. The van der Waals surface area contributed by atoms with Gasteiger partial charge in [-0.3, -0.25) is 0 Å². The minimum Gasteiger partial charge on any atom is -0.497 e. The third-order valence-corrected chi connectivity index (χ3v) is 3.13. The largest absolute Gasteiger partial charge is 0.497 e. The predicted octanol–water partition coefficient (Wildman–Crippen LogP) is 3.42. The Morgan fingerprint density at radius 1 is 1.10 bits per heavy atom. The molecule has 1 aromatic carbocycles. The van der Waals surface area contributed by atoms with E-state index in [0.29, 0.717) is 24.1 Å². The molecule has 1 aromatic heterocycles. The average molecular weight is 294 g/mol. The molecular weight excluding hydrogens is 278 g/mol. The summed E-state index contributed by atoms with van der Waals surface area (Å²) in [6.07, 6.45) is 1.68. The molecule has 0 spiro atoms. The van der Waals surface area contributed by atoms with Gasteiger partial charge in [0.2, 0.25) is 5.88 Å². The molecule has 0 aliphatic carbocycles. The Bertz CT molecular complexity index is 575. The summed E-state index contributed by atoms with van der Waals surface area (Å²) in [4.78, 5) is 4.13. The summed E-state index contributed by atoms with van der Waals surface area (Å²) >= 11 is 5.91. The summed E-state index contributed by atoms with van der Waals surface area (Å²) in [7, 11) is 3.20. The summed E-state index contributed by atoms with van der Waals surface area (Å²) in [5.41, 5.74) is 1.79. The summed E-state index contributed by atoms with van der Waals surface area (Å²) in [6.45, 7) is 0.355. The lowest BCUT2D eigenvalue weighted by atomic mass is 10.2. The highest BCUT2D eigenvalue weighted by Crippen LogP contribution is 2.27. The Balaban J connectivity index is 2.17. The fourth-order valence-electron chi connectivity index (χ4n) is 1.78. The van der Waals surface area contributed by atoms with Crippen LogP contribution >= 0.6 is 11.6 Å². The number of rotatable bonds is 6. The highest BCUT2D eigenvalue weighted by atomic mass is 35.5. The molecule has 0 saturated carbocycles. The molecule has 2 aromatic rings. The molecule has 0 atom stereocenters. The first-order valence-electron chi connectivity index (χ1n) is 6.12. The van der Waals surface area contributed by atoms with Crippen molar-refractivity contribution in [3.05, 3.63) is 47.7 Å². The van der Waals surface area contributed by atoms with Gasteiger partial charge in [0.15, 0.2) is 0 Å². The van der Waals surface area contributed by atoms with Crippen molar-refractivity contribution in [2.24, 2.45) is 0 Å². The minimum atomic E-state index is 0.355. The van der Waals surface area contributed by atoms with Crippen LogP contribution in [0.25, 0.3) is 0 Å². The second-order valence-corrected chi connectivity index (χ2v) is 4.34. The van der Waals surface area contributed by atoms with Crippen LogP contribution in [0.15, 0.2) is 36.5 Å². The molecular formula is C15H16ClNO3. The van der Waals surface area contributed by atoms with E-state index in [1.807, 2.05) is 30.3 Å². The van der Waals surface area contributed by atoms with E-state index in [4.69, 9.17) is 25.8 Å². The maximum absolute atomic E-state index is 5.91. The molecule has 0 saturated heterocycles. The van der Waals surface area contributed by atoms with Crippen LogP contribution in [0, 0.1) is 0 Å². The lowest BCUT2D eigenvalue weighted by Crippen LogP contribution is -2.01. The molecule has 5 heteroatoms. The minimum absolute atomic E-state index is 0.355. The zero-order valence-electron chi connectivity index (χ0n) is 11.4. The van der Waals surface area contributed by atoms with Crippen LogP contribution in [0.3, 0.4) is 0 Å². The zero-order chi connectivity index (χ0) is 14.4. The number of hydrogen-bond acceptors (Lipinski definition) is 4. The van der Waals surface area contributed by atoms with Gasteiger partial charge < -0.3 is 14.2 Å². The average Bonchev–Trinajstić information content (AvgIpc) is 2.52. The van der Waals surface area contributed by atoms with Crippen LogP contribution in [0.5, 0.6) is 17.4 Å². The van der Waals surface area contributed by atoms with Crippen LogP contribution in [0.4, 0.5) is 0 Å². The van der Waals surface area contributed by atoms with Crippen molar-refractivity contribution in [2.75, 3.05) is 14.2 Å². The van der Waals surface area contributed by atoms with Gasteiger partial charge in [0.05, 0.1) is 25.7 Å². The number of alkyl halides is 1. The second-order valence-electron chi connectivity index (χ2n) is 4.07. The summed E-state index contributed by atoms with van der Waals surface area (Å²) in [5, 5.41) is 0. The number of methoxy groups -OCH3 is 2. The lowest BCUT2D eigenvalue weighted by Gasteiger charge is -2.12. The maximum atomic E-state index is 5.91. The molecule has 0 aliphatic rings. The van der Waals surface area contributed by atoms with Gasteiger partial charge in [-0.1, -0.05) is 6.07 Å². The fraction of sp³-hybridized carbons (Fsp3) is 0.267. The number of aromatic nitrogens is 1. The molecule has 4 nitrogen and oxygen atoms in total. The number of benzene rings is 1. The number of halogens is 1. The van der Waals surface area contributed by atoms with Crippen molar-refractivity contribution in [1.29, 1.82) is 0 Å². The van der Waals surface area contributed by atoms with Crippen LogP contribution in [0.2, 0.25) is 0 Å². The summed E-state index contributed by atoms with van der Waals surface area (Å²) < 4.78 is 16.2. The van der Waals surface area contributed by atoms with E-state index in [1.165, 1.54) is 0 Å². The Morgan fingerprint density at radius 3 is 2.65 bits per heavy atom. The molecule has 0 fully saturated rings. The topological polar surface area (TPSA) is 40.6 Å². The first-order chi connectivity index (χ1) is 9.78. The van der Waals surface area contributed by atoms with Crippen molar-refractivity contribution in [3.8, 4) is 17.4 Å². The Labute approximate surface area is 123 Å². The molecule has 2 rings (SSSR count). The second kappa shape index (κ2) is 7.01. The molecule has 20 heavy (non-hydrogen) atoms. The maximum Gasteiger partial charge on any atom is 0.219 e. The van der Waals surface area contributed by atoms with Crippen LogP contribution in [-0.4, -0.2) is 19.2 Å². The van der Waals surface area contributed by atoms with Crippen molar-refractivity contribution >= 4 is 11.6 Å². The fourth-order valence-corrected chi connectivity index (χ4v) is 2.00. The lowest BCUT2D eigenvalue weighted by molar-refractivity contribution is 0.290. The Kier molecular flexibility index (Phi) is 5.07. The van der Waals surface area contributed by atoms with E-state index >= 15 is 0 Å². The molecule has 0 unspecified atom stereocenters. The third-order valence-electron chi connectivity index (χ3n) is 2.84. The van der Waals surface area contributed by atoms with E-state index in [9.17, 15) is 0 Å².